The van der Waals surface area contributed by atoms with Gasteiger partial charge in [-0.25, -0.2) is 4.79 Å². The van der Waals surface area contributed by atoms with Gasteiger partial charge in [0.2, 0.25) is 11.8 Å². The molecule has 190 valence electrons. The summed E-state index contributed by atoms with van der Waals surface area (Å²) in [6.07, 6.45) is 0.716. The maximum absolute atomic E-state index is 13.7. The Morgan fingerprint density at radius 1 is 1.17 bits per heavy atom. The van der Waals surface area contributed by atoms with Crippen molar-refractivity contribution in [3.8, 4) is 11.5 Å². The smallest absolute Gasteiger partial charge is 0.327 e. The molecule has 0 radical (unpaired) electrons. The highest BCUT2D eigenvalue weighted by atomic mass is 32.2. The van der Waals surface area contributed by atoms with Crippen molar-refractivity contribution in [2.45, 2.75) is 42.5 Å². The number of nitrogens with one attached hydrogen (secondary N) is 1. The maximum atomic E-state index is 13.7. The van der Waals surface area contributed by atoms with Gasteiger partial charge in [-0.15, -0.1) is 11.8 Å². The highest BCUT2D eigenvalue weighted by Crippen LogP contribution is 2.68. The summed E-state index contributed by atoms with van der Waals surface area (Å²) >= 11 is 2.73. The van der Waals surface area contributed by atoms with Crippen molar-refractivity contribution in [1.82, 2.24) is 9.88 Å². The summed E-state index contributed by atoms with van der Waals surface area (Å²) in [5, 5.41) is 20.8. The number of carbonyl (C=O) groups excluding carboxylic acids is 2. The van der Waals surface area contributed by atoms with Gasteiger partial charge in [0.1, 0.15) is 6.04 Å². The zero-order valence-electron chi connectivity index (χ0n) is 19.8. The van der Waals surface area contributed by atoms with E-state index in [-0.39, 0.29) is 51.4 Å². The molecule has 3 N–H and O–H groups in total. The number of likely N-dealkylation sites (tertiary alicyclic amines) is 1. The van der Waals surface area contributed by atoms with Gasteiger partial charge < -0.3 is 19.9 Å². The van der Waals surface area contributed by atoms with Crippen molar-refractivity contribution in [2.75, 3.05) is 7.11 Å². The van der Waals surface area contributed by atoms with Crippen LogP contribution in [0.25, 0.3) is 0 Å². The number of thioether (sulfide) groups is 1. The predicted octanol–water partition coefficient (Wildman–Crippen LogP) is 2.73. The average Bonchev–Trinajstić information content (AvgIpc) is 3.54. The first kappa shape index (κ1) is 23.6. The minimum absolute atomic E-state index is 0.00201. The Morgan fingerprint density at radius 3 is 2.50 bits per heavy atom. The molecule has 2 bridgehead atoms. The molecular formula is C25H26N2O7S2. The minimum atomic E-state index is -1.18. The Morgan fingerprint density at radius 2 is 1.86 bits per heavy atom. The maximum Gasteiger partial charge on any atom is 0.327 e. The molecule has 6 rings (SSSR count). The standard InChI is InChI=1S/C25H26N2O7S2/c1-8(2)18(24(31)32)27-22(29)16-10-7-11(17(16)23(27)30)19-15(10)14(20-21(35-19)26-25(33)36-20)9-4-5-12(28)13(6-9)34-3/h4-6,8,10-11,14-19,28H,7H2,1-3H3,(H,26,33)(H,31,32)/t10?,11?,14-,15?,16?,17?,18?,19?/m1/s1. The van der Waals surface area contributed by atoms with Gasteiger partial charge in [0.15, 0.2) is 11.5 Å². The number of aromatic amines is 1. The molecule has 8 atom stereocenters. The number of ether oxygens (including phenoxy) is 1. The predicted molar refractivity (Wildman–Crippen MR) is 131 cm³/mol. The molecule has 2 aliphatic heterocycles. The molecule has 36 heavy (non-hydrogen) atoms. The van der Waals surface area contributed by atoms with E-state index >= 15 is 0 Å². The lowest BCUT2D eigenvalue weighted by Crippen LogP contribution is -2.49. The molecule has 1 saturated heterocycles. The fourth-order valence-electron chi connectivity index (χ4n) is 7.27. The number of methoxy groups -OCH3 is 1. The summed E-state index contributed by atoms with van der Waals surface area (Å²) in [6.45, 7) is 3.42. The van der Waals surface area contributed by atoms with Crippen molar-refractivity contribution >= 4 is 40.9 Å². The quantitative estimate of drug-likeness (QED) is 0.502. The lowest BCUT2D eigenvalue weighted by atomic mass is 9.68. The number of aromatic nitrogens is 1. The summed E-state index contributed by atoms with van der Waals surface area (Å²) in [5.41, 5.74) is 0.875. The lowest BCUT2D eigenvalue weighted by molar-refractivity contribution is -0.157. The molecule has 4 aliphatic rings. The van der Waals surface area contributed by atoms with Gasteiger partial charge in [-0.1, -0.05) is 31.3 Å². The van der Waals surface area contributed by atoms with Crippen molar-refractivity contribution in [3.63, 3.8) is 0 Å². The number of thiazole rings is 1. The molecule has 0 spiro atoms. The van der Waals surface area contributed by atoms with E-state index in [2.05, 4.69) is 4.98 Å². The van der Waals surface area contributed by atoms with Gasteiger partial charge in [0.05, 0.1) is 24.0 Å². The molecule has 11 heteroatoms. The Hall–Kier alpha value is -2.79. The second kappa shape index (κ2) is 8.11. The van der Waals surface area contributed by atoms with E-state index in [1.807, 2.05) is 6.07 Å². The highest BCUT2D eigenvalue weighted by molar-refractivity contribution is 8.00. The monoisotopic (exact) mass is 530 g/mol. The number of H-pyrrole nitrogens is 1. The Kier molecular flexibility index (Phi) is 5.31. The summed E-state index contributed by atoms with van der Waals surface area (Å²) in [6, 6.07) is 3.99. The Bertz CT molecular complexity index is 1350. The summed E-state index contributed by atoms with van der Waals surface area (Å²) in [4.78, 5) is 56.4. The second-order valence-corrected chi connectivity index (χ2v) is 12.7. The van der Waals surface area contributed by atoms with Crippen LogP contribution in [0, 0.1) is 35.5 Å². The van der Waals surface area contributed by atoms with E-state index in [0.717, 1.165) is 31.7 Å². The molecule has 2 aromatic rings. The number of phenols is 1. The van der Waals surface area contributed by atoms with Crippen LogP contribution in [0.15, 0.2) is 28.0 Å². The third-order valence-corrected chi connectivity index (χ3v) is 11.1. The largest absolute Gasteiger partial charge is 0.504 e. The van der Waals surface area contributed by atoms with Crippen molar-refractivity contribution in [2.24, 2.45) is 35.5 Å². The first-order chi connectivity index (χ1) is 17.1. The van der Waals surface area contributed by atoms with Crippen LogP contribution in [0.4, 0.5) is 0 Å². The molecule has 7 unspecified atom stereocenters. The number of amides is 2. The fourth-order valence-corrected chi connectivity index (χ4v) is 10.2. The third kappa shape index (κ3) is 3.08. The molecule has 1 aromatic heterocycles. The second-order valence-electron chi connectivity index (χ2n) is 10.5. The number of benzene rings is 1. The number of hydrogen-bond acceptors (Lipinski definition) is 8. The molecule has 3 fully saturated rings. The number of carbonyl (C=O) groups is 3. The number of aliphatic carboxylic acids is 1. The summed E-state index contributed by atoms with van der Waals surface area (Å²) in [5.74, 6) is -3.49. The van der Waals surface area contributed by atoms with Crippen LogP contribution in [0.3, 0.4) is 0 Å². The molecule has 9 nitrogen and oxygen atoms in total. The molecule has 2 amide bonds. The highest BCUT2D eigenvalue weighted by Gasteiger charge is 2.70. The van der Waals surface area contributed by atoms with Gasteiger partial charge in [-0.05, 0) is 47.8 Å². The number of phenolic OH excluding ortho intramolecular Hbond substituents is 1. The summed E-state index contributed by atoms with van der Waals surface area (Å²) in [7, 11) is 1.48. The molecule has 2 aliphatic carbocycles. The minimum Gasteiger partial charge on any atom is -0.504 e. The zero-order valence-corrected chi connectivity index (χ0v) is 21.5. The number of carboxylic acids is 1. The number of imide groups is 1. The molecule has 3 heterocycles. The van der Waals surface area contributed by atoms with Crippen LogP contribution in [0.5, 0.6) is 11.5 Å². The van der Waals surface area contributed by atoms with Crippen LogP contribution < -0.4 is 9.61 Å². The van der Waals surface area contributed by atoms with Gasteiger partial charge in [0.25, 0.3) is 0 Å². The van der Waals surface area contributed by atoms with E-state index in [1.165, 1.54) is 7.11 Å². The number of aromatic hydroxyl groups is 1. The number of carboxylic acid groups (broad SMARTS) is 1. The first-order valence-electron chi connectivity index (χ1n) is 12.0. The van der Waals surface area contributed by atoms with Crippen LogP contribution in [-0.2, 0) is 14.4 Å². The average molecular weight is 531 g/mol. The Balaban J connectivity index is 1.45. The third-order valence-electron chi connectivity index (χ3n) is 8.48. The van der Waals surface area contributed by atoms with Gasteiger partial charge in [-0.3, -0.25) is 19.3 Å². The van der Waals surface area contributed by atoms with Crippen LogP contribution in [0.2, 0.25) is 0 Å². The van der Waals surface area contributed by atoms with Crippen LogP contribution >= 0.6 is 23.1 Å². The van der Waals surface area contributed by atoms with E-state index in [0.29, 0.717) is 12.2 Å². The van der Waals surface area contributed by atoms with Crippen molar-refractivity contribution in [1.29, 1.82) is 0 Å². The van der Waals surface area contributed by atoms with E-state index < -0.39 is 29.8 Å². The van der Waals surface area contributed by atoms with Crippen molar-refractivity contribution < 1.29 is 29.3 Å². The molecular weight excluding hydrogens is 504 g/mol. The van der Waals surface area contributed by atoms with Crippen LogP contribution in [-0.4, -0.2) is 56.3 Å². The normalized spacial score (nSPS) is 33.0. The van der Waals surface area contributed by atoms with Gasteiger partial charge in [0, 0.05) is 16.0 Å². The number of hydrogen-bond donors (Lipinski definition) is 3. The van der Waals surface area contributed by atoms with Crippen molar-refractivity contribution in [3.05, 3.63) is 38.3 Å². The number of rotatable bonds is 5. The van der Waals surface area contributed by atoms with Crippen LogP contribution in [0.1, 0.15) is 36.6 Å². The summed E-state index contributed by atoms with van der Waals surface area (Å²) < 4.78 is 5.35. The van der Waals surface area contributed by atoms with Gasteiger partial charge >= 0.3 is 10.8 Å². The SMILES string of the molecule is COc1cc([C@H]2c3sc(=O)[nH]c3SC3C4CC(C5C(=O)N(C(C(=O)O)C(C)C)C(=O)C45)C32)ccc1O. The fraction of sp³-hybridized carbons (Fsp3) is 0.520. The number of fused-ring (bicyclic) bond motifs is 9. The van der Waals surface area contributed by atoms with E-state index in [4.69, 9.17) is 4.74 Å². The number of nitrogens with zero attached hydrogens (tertiary/aromatic N) is 1. The van der Waals surface area contributed by atoms with E-state index in [1.54, 1.807) is 37.7 Å². The topological polar surface area (TPSA) is 137 Å². The molecule has 1 aromatic carbocycles. The van der Waals surface area contributed by atoms with Gasteiger partial charge in [-0.2, -0.15) is 0 Å². The molecule has 2 saturated carbocycles. The first-order valence-corrected chi connectivity index (χ1v) is 13.7. The lowest BCUT2D eigenvalue weighted by Gasteiger charge is -2.43. The zero-order chi connectivity index (χ0) is 25.6. The van der Waals surface area contributed by atoms with E-state index in [9.17, 15) is 29.4 Å². The Labute approximate surface area is 214 Å².